The van der Waals surface area contributed by atoms with Crippen LogP contribution in [0.5, 0.6) is 5.75 Å². The van der Waals surface area contributed by atoms with Gasteiger partial charge in [-0.05, 0) is 30.2 Å². The smallest absolute Gasteiger partial charge is 0.267 e. The molecule has 0 aliphatic rings. The Bertz CT molecular complexity index is 446. The van der Waals surface area contributed by atoms with Gasteiger partial charge in [0.1, 0.15) is 5.75 Å². The number of rotatable bonds is 7. The first kappa shape index (κ1) is 15.5. The summed E-state index contributed by atoms with van der Waals surface area (Å²) in [5.74, 6) is 0.0533. The van der Waals surface area contributed by atoms with E-state index >= 15 is 0 Å². The van der Waals surface area contributed by atoms with Crippen molar-refractivity contribution < 1.29 is 14.7 Å². The molecule has 0 aliphatic heterocycles. The molecule has 1 aromatic carbocycles. The van der Waals surface area contributed by atoms with Crippen LogP contribution in [0.3, 0.4) is 0 Å². The summed E-state index contributed by atoms with van der Waals surface area (Å²) in [7, 11) is 0. The van der Waals surface area contributed by atoms with Gasteiger partial charge in [-0.1, -0.05) is 37.4 Å². The Morgan fingerprint density at radius 2 is 2.26 bits per heavy atom. The highest BCUT2D eigenvalue weighted by atomic mass is 35.5. The van der Waals surface area contributed by atoms with E-state index in [1.165, 1.54) is 11.6 Å². The lowest BCUT2D eigenvalue weighted by atomic mass is 10.2. The second-order valence-corrected chi connectivity index (χ2v) is 4.46. The molecule has 0 radical (unpaired) electrons. The van der Waals surface area contributed by atoms with Crippen LogP contribution in [0.15, 0.2) is 24.3 Å². The number of halogens is 1. The van der Waals surface area contributed by atoms with Gasteiger partial charge in [-0.2, -0.15) is 0 Å². The molecule has 5 heteroatoms. The third-order valence-electron chi connectivity index (χ3n) is 2.50. The maximum atomic E-state index is 10.8. The first-order valence-electron chi connectivity index (χ1n) is 6.22. The van der Waals surface area contributed by atoms with Gasteiger partial charge in [0.05, 0.1) is 11.6 Å². The fourth-order valence-electron chi connectivity index (χ4n) is 1.48. The molecule has 0 bridgehead atoms. The molecule has 0 aliphatic carbocycles. The Hall–Kier alpha value is -1.52. The summed E-state index contributed by atoms with van der Waals surface area (Å²) in [5, 5.41) is 8.86. The lowest BCUT2D eigenvalue weighted by molar-refractivity contribution is -0.124. The van der Waals surface area contributed by atoms with Gasteiger partial charge in [0.15, 0.2) is 0 Å². The molecule has 0 atom stereocenters. The van der Waals surface area contributed by atoms with E-state index in [1.54, 1.807) is 24.3 Å². The van der Waals surface area contributed by atoms with Crippen LogP contribution in [-0.2, 0) is 4.79 Å². The number of carbonyl (C=O) groups is 1. The molecule has 0 unspecified atom stereocenters. The first-order valence-corrected chi connectivity index (χ1v) is 6.59. The van der Waals surface area contributed by atoms with Gasteiger partial charge >= 0.3 is 0 Å². The van der Waals surface area contributed by atoms with Crippen LogP contribution < -0.4 is 10.2 Å². The summed E-state index contributed by atoms with van der Waals surface area (Å²) < 4.78 is 5.57. The van der Waals surface area contributed by atoms with Gasteiger partial charge < -0.3 is 4.74 Å². The minimum atomic E-state index is -0.587. The molecule has 104 valence electrons. The van der Waals surface area contributed by atoms with E-state index < -0.39 is 5.91 Å². The van der Waals surface area contributed by atoms with Gasteiger partial charge in [0.25, 0.3) is 5.91 Å². The number of hydrogen-bond donors (Lipinski definition) is 2. The predicted molar refractivity (Wildman–Crippen MR) is 75.4 cm³/mol. The second kappa shape index (κ2) is 8.56. The van der Waals surface area contributed by atoms with Crippen molar-refractivity contribution in [1.82, 2.24) is 5.48 Å². The number of unbranched alkanes of at least 4 members (excludes halogenated alkanes) is 2. The minimum absolute atomic E-state index is 0.503. The monoisotopic (exact) mass is 283 g/mol. The Morgan fingerprint density at radius 3 is 2.89 bits per heavy atom. The van der Waals surface area contributed by atoms with E-state index in [0.717, 1.165) is 24.8 Å². The normalized spacial score (nSPS) is 10.7. The first-order chi connectivity index (χ1) is 9.17. The maximum Gasteiger partial charge on any atom is 0.267 e. The van der Waals surface area contributed by atoms with Crippen molar-refractivity contribution in [2.24, 2.45) is 0 Å². The summed E-state index contributed by atoms with van der Waals surface area (Å²) in [6.45, 7) is 2.78. The quantitative estimate of drug-likeness (QED) is 0.349. The largest absolute Gasteiger partial charge is 0.492 e. The van der Waals surface area contributed by atoms with Crippen LogP contribution in [0.1, 0.15) is 31.7 Å². The molecule has 1 amide bonds. The average molecular weight is 284 g/mol. The molecular formula is C14H18ClNO3. The summed E-state index contributed by atoms with van der Waals surface area (Å²) in [4.78, 5) is 10.8. The van der Waals surface area contributed by atoms with E-state index in [9.17, 15) is 4.79 Å². The molecule has 4 nitrogen and oxygen atoms in total. The summed E-state index contributed by atoms with van der Waals surface area (Å²) in [5.41, 5.74) is 2.28. The van der Waals surface area contributed by atoms with E-state index in [4.69, 9.17) is 21.5 Å². The van der Waals surface area contributed by atoms with E-state index in [1.807, 2.05) is 0 Å². The molecule has 0 saturated heterocycles. The molecule has 0 aromatic heterocycles. The zero-order chi connectivity index (χ0) is 14.1. The third-order valence-corrected chi connectivity index (χ3v) is 2.79. The molecule has 19 heavy (non-hydrogen) atoms. The van der Waals surface area contributed by atoms with Crippen molar-refractivity contribution in [3.63, 3.8) is 0 Å². The number of hydrogen-bond acceptors (Lipinski definition) is 3. The van der Waals surface area contributed by atoms with Crippen molar-refractivity contribution >= 4 is 23.6 Å². The standard InChI is InChI=1S/C14H18ClNO3/c1-2-3-4-9-19-13-7-5-11(10-12(13)15)6-8-14(17)16-18/h5-8,10,18H,2-4,9H2,1H3,(H,16,17)/b8-6+. The van der Waals surface area contributed by atoms with Crippen LogP contribution in [0.2, 0.25) is 5.02 Å². The zero-order valence-corrected chi connectivity index (χ0v) is 11.6. The van der Waals surface area contributed by atoms with Gasteiger partial charge in [-0.3, -0.25) is 10.0 Å². The van der Waals surface area contributed by atoms with Gasteiger partial charge in [0.2, 0.25) is 0 Å². The SMILES string of the molecule is CCCCCOc1ccc(/C=C/C(=O)NO)cc1Cl. The second-order valence-electron chi connectivity index (χ2n) is 4.05. The van der Waals surface area contributed by atoms with E-state index in [2.05, 4.69) is 6.92 Å². The van der Waals surface area contributed by atoms with E-state index in [0.29, 0.717) is 17.4 Å². The van der Waals surface area contributed by atoms with Crippen LogP contribution >= 0.6 is 11.6 Å². The van der Waals surface area contributed by atoms with Crippen molar-refractivity contribution in [2.45, 2.75) is 26.2 Å². The lowest BCUT2D eigenvalue weighted by Crippen LogP contribution is -2.14. The molecule has 0 spiro atoms. The highest BCUT2D eigenvalue weighted by molar-refractivity contribution is 6.32. The number of nitrogens with one attached hydrogen (secondary N) is 1. The average Bonchev–Trinajstić information content (AvgIpc) is 2.42. The Labute approximate surface area is 118 Å². The fourth-order valence-corrected chi connectivity index (χ4v) is 1.72. The Morgan fingerprint density at radius 1 is 1.47 bits per heavy atom. The van der Waals surface area contributed by atoms with Crippen molar-refractivity contribution in [2.75, 3.05) is 6.61 Å². The molecular weight excluding hydrogens is 266 g/mol. The number of benzene rings is 1. The third kappa shape index (κ3) is 5.77. The van der Waals surface area contributed by atoms with Crippen molar-refractivity contribution in [3.05, 3.63) is 34.9 Å². The number of carbonyl (C=O) groups excluding carboxylic acids is 1. The summed E-state index contributed by atoms with van der Waals surface area (Å²) in [6, 6.07) is 5.27. The van der Waals surface area contributed by atoms with Crippen LogP contribution in [0.25, 0.3) is 6.08 Å². The minimum Gasteiger partial charge on any atom is -0.492 e. The van der Waals surface area contributed by atoms with Gasteiger partial charge in [0, 0.05) is 6.08 Å². The van der Waals surface area contributed by atoms with Crippen LogP contribution in [0, 0.1) is 0 Å². The molecule has 1 aromatic rings. The summed E-state index contributed by atoms with van der Waals surface area (Å²) >= 11 is 6.08. The molecule has 0 fully saturated rings. The fraction of sp³-hybridized carbons (Fsp3) is 0.357. The Kier molecular flexibility index (Phi) is 7.00. The van der Waals surface area contributed by atoms with Crippen molar-refractivity contribution in [3.8, 4) is 5.75 Å². The van der Waals surface area contributed by atoms with E-state index in [-0.39, 0.29) is 0 Å². The molecule has 0 heterocycles. The number of hydroxylamine groups is 1. The molecule has 2 N–H and O–H groups in total. The van der Waals surface area contributed by atoms with Gasteiger partial charge in [-0.15, -0.1) is 0 Å². The molecule has 0 saturated carbocycles. The highest BCUT2D eigenvalue weighted by Crippen LogP contribution is 2.26. The Balaban J connectivity index is 2.59. The predicted octanol–water partition coefficient (Wildman–Crippen LogP) is 3.43. The van der Waals surface area contributed by atoms with Crippen LogP contribution in [0.4, 0.5) is 0 Å². The maximum absolute atomic E-state index is 10.8. The van der Waals surface area contributed by atoms with Crippen LogP contribution in [-0.4, -0.2) is 17.7 Å². The summed E-state index contributed by atoms with van der Waals surface area (Å²) in [6.07, 6.45) is 6.05. The topological polar surface area (TPSA) is 58.6 Å². The highest BCUT2D eigenvalue weighted by Gasteiger charge is 2.02. The zero-order valence-electron chi connectivity index (χ0n) is 10.9. The molecule has 1 rings (SSSR count). The lowest BCUT2D eigenvalue weighted by Gasteiger charge is -2.08. The van der Waals surface area contributed by atoms with Crippen molar-refractivity contribution in [1.29, 1.82) is 0 Å². The van der Waals surface area contributed by atoms with Gasteiger partial charge in [-0.25, -0.2) is 5.48 Å². The number of amides is 1. The number of ether oxygens (including phenoxy) is 1.